The standard InChI is InChI=1S/C26H20FNO3/c1-28-22-14-8-6-12-20(22)25(26(28)19-10-3-2-4-11-19)23(29)17-31-24(30)16-15-18-9-5-7-13-21(18)27/h2-16H,17H2,1H3/b16-15+. The number of rotatable bonds is 6. The molecule has 0 N–H and O–H groups in total. The number of carbonyl (C=O) groups excluding carboxylic acids is 2. The van der Waals surface area contributed by atoms with Crippen LogP contribution in [-0.2, 0) is 16.6 Å². The molecule has 1 aromatic heterocycles. The summed E-state index contributed by atoms with van der Waals surface area (Å²) in [5.41, 5.74) is 3.36. The maximum Gasteiger partial charge on any atom is 0.331 e. The van der Waals surface area contributed by atoms with Crippen LogP contribution in [0.1, 0.15) is 15.9 Å². The summed E-state index contributed by atoms with van der Waals surface area (Å²) in [6.07, 6.45) is 2.45. The Kier molecular flexibility index (Phi) is 5.76. The third kappa shape index (κ3) is 4.16. The number of ether oxygens (including phenoxy) is 1. The molecule has 154 valence electrons. The van der Waals surface area contributed by atoms with Crippen molar-refractivity contribution >= 4 is 28.7 Å². The molecule has 0 aliphatic rings. The number of aryl methyl sites for hydroxylation is 1. The van der Waals surface area contributed by atoms with Gasteiger partial charge in [-0.3, -0.25) is 4.79 Å². The molecule has 0 aliphatic heterocycles. The monoisotopic (exact) mass is 413 g/mol. The molecule has 0 atom stereocenters. The molecule has 31 heavy (non-hydrogen) atoms. The number of esters is 1. The van der Waals surface area contributed by atoms with E-state index in [1.807, 2.05) is 66.2 Å². The van der Waals surface area contributed by atoms with Gasteiger partial charge in [0.1, 0.15) is 5.82 Å². The van der Waals surface area contributed by atoms with Crippen LogP contribution in [-0.4, -0.2) is 22.9 Å². The first-order valence-corrected chi connectivity index (χ1v) is 9.81. The average molecular weight is 413 g/mol. The van der Waals surface area contributed by atoms with Crippen LogP contribution in [0.15, 0.2) is 84.9 Å². The molecule has 0 bridgehead atoms. The van der Waals surface area contributed by atoms with Crippen molar-refractivity contribution in [3.63, 3.8) is 0 Å². The number of benzene rings is 3. The van der Waals surface area contributed by atoms with Gasteiger partial charge in [0.25, 0.3) is 0 Å². The van der Waals surface area contributed by atoms with Gasteiger partial charge in [0, 0.05) is 29.6 Å². The number of fused-ring (bicyclic) bond motifs is 1. The Labute approximate surface area is 179 Å². The lowest BCUT2D eigenvalue weighted by molar-refractivity contribution is -0.136. The van der Waals surface area contributed by atoms with Crippen LogP contribution in [0.5, 0.6) is 0 Å². The van der Waals surface area contributed by atoms with Crippen molar-refractivity contribution in [2.24, 2.45) is 7.05 Å². The second-order valence-corrected chi connectivity index (χ2v) is 7.05. The van der Waals surface area contributed by atoms with Crippen molar-refractivity contribution in [3.05, 3.63) is 102 Å². The van der Waals surface area contributed by atoms with E-state index in [0.717, 1.165) is 28.2 Å². The molecule has 1 heterocycles. The molecule has 0 radical (unpaired) electrons. The molecule has 0 fully saturated rings. The number of aromatic nitrogens is 1. The van der Waals surface area contributed by atoms with Crippen LogP contribution in [0.3, 0.4) is 0 Å². The van der Waals surface area contributed by atoms with Crippen LogP contribution in [0.25, 0.3) is 28.2 Å². The SMILES string of the molecule is Cn1c(-c2ccccc2)c(C(=O)COC(=O)/C=C/c2ccccc2F)c2ccccc21. The zero-order valence-electron chi connectivity index (χ0n) is 16.9. The first-order valence-electron chi connectivity index (χ1n) is 9.81. The van der Waals surface area contributed by atoms with E-state index in [4.69, 9.17) is 4.74 Å². The van der Waals surface area contributed by atoms with E-state index >= 15 is 0 Å². The summed E-state index contributed by atoms with van der Waals surface area (Å²) in [5, 5.41) is 0.798. The van der Waals surface area contributed by atoms with Crippen molar-refractivity contribution in [2.75, 3.05) is 6.61 Å². The molecule has 4 aromatic rings. The number of carbonyl (C=O) groups is 2. The van der Waals surface area contributed by atoms with Crippen LogP contribution < -0.4 is 0 Å². The van der Waals surface area contributed by atoms with E-state index in [-0.39, 0.29) is 11.3 Å². The maximum absolute atomic E-state index is 13.7. The molecule has 3 aromatic carbocycles. The lowest BCUT2D eigenvalue weighted by atomic mass is 10.0. The lowest BCUT2D eigenvalue weighted by Crippen LogP contribution is -2.13. The molecule has 4 nitrogen and oxygen atoms in total. The molecule has 5 heteroatoms. The Balaban J connectivity index is 1.59. The van der Waals surface area contributed by atoms with E-state index in [9.17, 15) is 14.0 Å². The van der Waals surface area contributed by atoms with E-state index < -0.39 is 18.4 Å². The number of hydrogen-bond acceptors (Lipinski definition) is 3. The van der Waals surface area contributed by atoms with Crippen molar-refractivity contribution in [3.8, 4) is 11.3 Å². The summed E-state index contributed by atoms with van der Waals surface area (Å²) in [5.74, 6) is -1.45. The largest absolute Gasteiger partial charge is 0.454 e. The number of halogens is 1. The highest BCUT2D eigenvalue weighted by Gasteiger charge is 2.22. The predicted molar refractivity (Wildman–Crippen MR) is 119 cm³/mol. The van der Waals surface area contributed by atoms with Crippen LogP contribution in [0, 0.1) is 5.82 Å². The maximum atomic E-state index is 13.7. The first kappa shape index (κ1) is 20.3. The second kappa shape index (κ2) is 8.79. The van der Waals surface area contributed by atoms with Gasteiger partial charge >= 0.3 is 5.97 Å². The number of ketones is 1. The zero-order chi connectivity index (χ0) is 21.8. The Morgan fingerprint density at radius 1 is 0.935 bits per heavy atom. The minimum Gasteiger partial charge on any atom is -0.454 e. The third-order valence-electron chi connectivity index (χ3n) is 5.08. The number of hydrogen-bond donors (Lipinski definition) is 0. The first-order chi connectivity index (χ1) is 15.1. The minimum atomic E-state index is -0.710. The summed E-state index contributed by atoms with van der Waals surface area (Å²) >= 11 is 0. The highest BCUT2D eigenvalue weighted by atomic mass is 19.1. The summed E-state index contributed by atoms with van der Waals surface area (Å²) < 4.78 is 20.8. The Morgan fingerprint density at radius 2 is 1.61 bits per heavy atom. The quantitative estimate of drug-likeness (QED) is 0.241. The van der Waals surface area contributed by atoms with Gasteiger partial charge in [0.15, 0.2) is 6.61 Å². The van der Waals surface area contributed by atoms with Crippen molar-refractivity contribution in [1.29, 1.82) is 0 Å². The van der Waals surface area contributed by atoms with Gasteiger partial charge in [0.05, 0.1) is 11.3 Å². The van der Waals surface area contributed by atoms with Gasteiger partial charge in [-0.05, 0) is 23.8 Å². The fourth-order valence-corrected chi connectivity index (χ4v) is 3.63. The molecule has 0 saturated carbocycles. The van der Waals surface area contributed by atoms with Gasteiger partial charge in [-0.15, -0.1) is 0 Å². The Morgan fingerprint density at radius 3 is 2.39 bits per heavy atom. The van der Waals surface area contributed by atoms with Gasteiger partial charge in [-0.1, -0.05) is 66.7 Å². The minimum absolute atomic E-state index is 0.270. The van der Waals surface area contributed by atoms with Crippen LogP contribution >= 0.6 is 0 Å². The summed E-state index contributed by atoms with van der Waals surface area (Å²) in [7, 11) is 1.91. The van der Waals surface area contributed by atoms with Crippen molar-refractivity contribution in [1.82, 2.24) is 4.57 Å². The molecule has 0 unspecified atom stereocenters. The molecule has 0 aliphatic carbocycles. The van der Waals surface area contributed by atoms with E-state index in [1.165, 1.54) is 12.1 Å². The predicted octanol–water partition coefficient (Wildman–Crippen LogP) is 5.42. The Hall–Kier alpha value is -3.99. The van der Waals surface area contributed by atoms with Crippen LogP contribution in [0.4, 0.5) is 4.39 Å². The molecule has 0 saturated heterocycles. The summed E-state index contributed by atoms with van der Waals surface area (Å²) in [6.45, 7) is -0.408. The second-order valence-electron chi connectivity index (χ2n) is 7.05. The van der Waals surface area contributed by atoms with Gasteiger partial charge in [0.2, 0.25) is 5.78 Å². The van der Waals surface area contributed by atoms with Crippen molar-refractivity contribution < 1.29 is 18.7 Å². The Bertz CT molecular complexity index is 1290. The zero-order valence-corrected chi connectivity index (χ0v) is 16.9. The lowest BCUT2D eigenvalue weighted by Gasteiger charge is -2.08. The van der Waals surface area contributed by atoms with E-state index in [0.29, 0.717) is 5.56 Å². The normalized spacial score (nSPS) is 11.2. The fourth-order valence-electron chi connectivity index (χ4n) is 3.63. The smallest absolute Gasteiger partial charge is 0.331 e. The average Bonchev–Trinajstić information content (AvgIpc) is 3.10. The van der Waals surface area contributed by atoms with Crippen LogP contribution in [0.2, 0.25) is 0 Å². The molecular formula is C26H20FNO3. The molecular weight excluding hydrogens is 393 g/mol. The number of Topliss-reactive ketones (excluding diaryl/α,β-unsaturated/α-hetero) is 1. The molecule has 4 rings (SSSR count). The van der Waals surface area contributed by atoms with Gasteiger partial charge in [-0.25, -0.2) is 9.18 Å². The fraction of sp³-hybridized carbons (Fsp3) is 0.0769. The van der Waals surface area contributed by atoms with Crippen molar-refractivity contribution in [2.45, 2.75) is 0 Å². The summed E-state index contributed by atoms with van der Waals surface area (Å²) in [6, 6.07) is 23.3. The van der Waals surface area contributed by atoms with Gasteiger partial charge < -0.3 is 9.30 Å². The molecule has 0 amide bonds. The summed E-state index contributed by atoms with van der Waals surface area (Å²) in [4.78, 5) is 25.2. The number of nitrogens with zero attached hydrogens (tertiary/aromatic N) is 1. The number of para-hydroxylation sites is 1. The third-order valence-corrected chi connectivity index (χ3v) is 5.08. The van der Waals surface area contributed by atoms with E-state index in [2.05, 4.69) is 0 Å². The van der Waals surface area contributed by atoms with Gasteiger partial charge in [-0.2, -0.15) is 0 Å². The molecule has 0 spiro atoms. The highest BCUT2D eigenvalue weighted by Crippen LogP contribution is 2.33. The highest BCUT2D eigenvalue weighted by molar-refractivity contribution is 6.14. The van der Waals surface area contributed by atoms with E-state index in [1.54, 1.807) is 18.2 Å². The topological polar surface area (TPSA) is 48.3 Å².